The molecule has 17 heavy (non-hydrogen) atoms. The van der Waals surface area contributed by atoms with Gasteiger partial charge in [0.05, 0.1) is 6.04 Å². The molecule has 0 aliphatic carbocycles. The third kappa shape index (κ3) is 4.00. The summed E-state index contributed by atoms with van der Waals surface area (Å²) in [6.45, 7) is 4.60. The van der Waals surface area contributed by atoms with Gasteiger partial charge in [0.2, 0.25) is 5.91 Å². The Morgan fingerprint density at radius 1 is 1.47 bits per heavy atom. The molecule has 1 amide bonds. The van der Waals surface area contributed by atoms with Crippen LogP contribution in [0.15, 0.2) is 0 Å². The second-order valence-corrected chi connectivity index (χ2v) is 4.71. The first-order valence-corrected chi connectivity index (χ1v) is 6.32. The molecule has 0 spiro atoms. The van der Waals surface area contributed by atoms with Crippen LogP contribution in [0.2, 0.25) is 0 Å². The second-order valence-electron chi connectivity index (χ2n) is 4.71. The number of carboxylic acid groups (broad SMARTS) is 1. The van der Waals surface area contributed by atoms with E-state index in [-0.39, 0.29) is 17.9 Å². The molecule has 0 saturated carbocycles. The lowest BCUT2D eigenvalue weighted by atomic mass is 9.98. The molecule has 1 fully saturated rings. The van der Waals surface area contributed by atoms with Gasteiger partial charge >= 0.3 is 5.97 Å². The fourth-order valence-electron chi connectivity index (χ4n) is 2.01. The van der Waals surface area contributed by atoms with Gasteiger partial charge in [-0.05, 0) is 25.3 Å². The van der Waals surface area contributed by atoms with E-state index < -0.39 is 12.0 Å². The summed E-state index contributed by atoms with van der Waals surface area (Å²) in [4.78, 5) is 23.0. The molecular weight excluding hydrogens is 220 g/mol. The zero-order valence-electron chi connectivity index (χ0n) is 10.5. The van der Waals surface area contributed by atoms with Crippen molar-refractivity contribution in [3.8, 4) is 0 Å². The molecule has 0 aromatic heterocycles. The van der Waals surface area contributed by atoms with Crippen LogP contribution in [-0.4, -0.2) is 35.6 Å². The number of carbonyl (C=O) groups excluding carboxylic acids is 1. The van der Waals surface area contributed by atoms with Crippen molar-refractivity contribution in [1.82, 2.24) is 10.6 Å². The maximum absolute atomic E-state index is 11.9. The lowest BCUT2D eigenvalue weighted by molar-refractivity contribution is -0.143. The van der Waals surface area contributed by atoms with Gasteiger partial charge in [-0.15, -0.1) is 0 Å². The van der Waals surface area contributed by atoms with Crippen LogP contribution < -0.4 is 10.6 Å². The minimum Gasteiger partial charge on any atom is -0.480 e. The third-order valence-electron chi connectivity index (χ3n) is 3.40. The quantitative estimate of drug-likeness (QED) is 0.664. The monoisotopic (exact) mass is 242 g/mol. The van der Waals surface area contributed by atoms with Gasteiger partial charge in [0, 0.05) is 0 Å². The fourth-order valence-corrected chi connectivity index (χ4v) is 2.01. The van der Waals surface area contributed by atoms with Crippen LogP contribution >= 0.6 is 0 Å². The minimum absolute atomic E-state index is 0.0555. The van der Waals surface area contributed by atoms with Gasteiger partial charge in [-0.25, -0.2) is 4.79 Å². The van der Waals surface area contributed by atoms with E-state index in [1.165, 1.54) is 0 Å². The van der Waals surface area contributed by atoms with Gasteiger partial charge in [0.1, 0.15) is 6.04 Å². The summed E-state index contributed by atoms with van der Waals surface area (Å²) in [7, 11) is 0. The van der Waals surface area contributed by atoms with E-state index in [1.54, 1.807) is 0 Å². The summed E-state index contributed by atoms with van der Waals surface area (Å²) in [5.74, 6) is -1.19. The molecule has 0 aromatic rings. The maximum Gasteiger partial charge on any atom is 0.326 e. The van der Waals surface area contributed by atoms with Gasteiger partial charge < -0.3 is 15.7 Å². The van der Waals surface area contributed by atoms with E-state index in [1.807, 2.05) is 13.8 Å². The molecule has 0 bridgehead atoms. The standard InChI is InChI=1S/C12H22N2O3/c1-3-8(2)10(12(16)17)14-11(15)9-6-4-5-7-13-9/h8-10,13H,3-7H2,1-2H3,(H,14,15)(H,16,17)/t8-,9?,10-/m0/s1. The zero-order valence-corrected chi connectivity index (χ0v) is 10.5. The largest absolute Gasteiger partial charge is 0.480 e. The lowest BCUT2D eigenvalue weighted by Gasteiger charge is -2.26. The molecule has 5 heteroatoms. The number of rotatable bonds is 5. The summed E-state index contributed by atoms with van der Waals surface area (Å²) >= 11 is 0. The van der Waals surface area contributed by atoms with Crippen molar-refractivity contribution >= 4 is 11.9 Å². The molecule has 1 heterocycles. The van der Waals surface area contributed by atoms with Crippen molar-refractivity contribution < 1.29 is 14.7 Å². The van der Waals surface area contributed by atoms with Crippen LogP contribution in [0.4, 0.5) is 0 Å². The number of carbonyl (C=O) groups is 2. The van der Waals surface area contributed by atoms with Crippen LogP contribution in [0, 0.1) is 5.92 Å². The van der Waals surface area contributed by atoms with Crippen molar-refractivity contribution in [2.75, 3.05) is 6.54 Å². The summed E-state index contributed by atoms with van der Waals surface area (Å²) in [6, 6.07) is -1.01. The van der Waals surface area contributed by atoms with Crippen molar-refractivity contribution in [1.29, 1.82) is 0 Å². The zero-order chi connectivity index (χ0) is 12.8. The first kappa shape index (κ1) is 14.0. The summed E-state index contributed by atoms with van der Waals surface area (Å²) < 4.78 is 0. The molecule has 5 nitrogen and oxygen atoms in total. The van der Waals surface area contributed by atoms with E-state index in [0.717, 1.165) is 32.2 Å². The second kappa shape index (κ2) is 6.59. The minimum atomic E-state index is -0.955. The summed E-state index contributed by atoms with van der Waals surface area (Å²) in [6.07, 6.45) is 3.62. The highest BCUT2D eigenvalue weighted by molar-refractivity contribution is 5.87. The van der Waals surface area contributed by atoms with Crippen molar-refractivity contribution in [3.63, 3.8) is 0 Å². The molecule has 1 saturated heterocycles. The molecule has 98 valence electrons. The number of piperidine rings is 1. The first-order valence-electron chi connectivity index (χ1n) is 6.32. The maximum atomic E-state index is 11.9. The molecular formula is C12H22N2O3. The number of amides is 1. The van der Waals surface area contributed by atoms with Crippen molar-refractivity contribution in [2.24, 2.45) is 5.92 Å². The van der Waals surface area contributed by atoms with E-state index >= 15 is 0 Å². The molecule has 0 aromatic carbocycles. The van der Waals surface area contributed by atoms with Crippen LogP contribution in [0.5, 0.6) is 0 Å². The van der Waals surface area contributed by atoms with Crippen LogP contribution in [0.25, 0.3) is 0 Å². The normalized spacial score (nSPS) is 23.8. The highest BCUT2D eigenvalue weighted by Gasteiger charge is 2.29. The Kier molecular flexibility index (Phi) is 5.41. The summed E-state index contributed by atoms with van der Waals surface area (Å²) in [5, 5.41) is 14.8. The predicted octanol–water partition coefficient (Wildman–Crippen LogP) is 0.744. The van der Waals surface area contributed by atoms with Gasteiger partial charge in [-0.3, -0.25) is 4.79 Å². The van der Waals surface area contributed by atoms with E-state index in [9.17, 15) is 9.59 Å². The number of nitrogens with one attached hydrogen (secondary N) is 2. The van der Waals surface area contributed by atoms with E-state index in [4.69, 9.17) is 5.11 Å². The SMILES string of the molecule is CC[C@H](C)[C@H](NC(=O)C1CCCCN1)C(=O)O. The van der Waals surface area contributed by atoms with Gasteiger partial charge in [0.15, 0.2) is 0 Å². The Morgan fingerprint density at radius 3 is 2.65 bits per heavy atom. The van der Waals surface area contributed by atoms with Gasteiger partial charge in [-0.2, -0.15) is 0 Å². The fraction of sp³-hybridized carbons (Fsp3) is 0.833. The van der Waals surface area contributed by atoms with Crippen LogP contribution in [0.1, 0.15) is 39.5 Å². The Labute approximate surface area is 102 Å². The molecule has 0 radical (unpaired) electrons. The van der Waals surface area contributed by atoms with Crippen molar-refractivity contribution in [3.05, 3.63) is 0 Å². The third-order valence-corrected chi connectivity index (χ3v) is 3.40. The predicted molar refractivity (Wildman–Crippen MR) is 64.7 cm³/mol. The molecule has 3 N–H and O–H groups in total. The topological polar surface area (TPSA) is 78.4 Å². The van der Waals surface area contributed by atoms with E-state index in [2.05, 4.69) is 10.6 Å². The number of hydrogen-bond donors (Lipinski definition) is 3. The number of hydrogen-bond acceptors (Lipinski definition) is 3. The first-order chi connectivity index (χ1) is 8.06. The summed E-state index contributed by atoms with van der Waals surface area (Å²) in [5.41, 5.74) is 0. The number of aliphatic carboxylic acids is 1. The van der Waals surface area contributed by atoms with Crippen molar-refractivity contribution in [2.45, 2.75) is 51.6 Å². The average Bonchev–Trinajstić information content (AvgIpc) is 2.35. The number of carboxylic acids is 1. The molecule has 1 aliphatic heterocycles. The van der Waals surface area contributed by atoms with Crippen LogP contribution in [0.3, 0.4) is 0 Å². The molecule has 1 unspecified atom stereocenters. The van der Waals surface area contributed by atoms with Crippen LogP contribution in [-0.2, 0) is 9.59 Å². The highest BCUT2D eigenvalue weighted by atomic mass is 16.4. The Morgan fingerprint density at radius 2 is 2.18 bits per heavy atom. The highest BCUT2D eigenvalue weighted by Crippen LogP contribution is 2.11. The lowest BCUT2D eigenvalue weighted by Crippen LogP contribution is -2.53. The molecule has 3 atom stereocenters. The Balaban J connectivity index is 2.53. The van der Waals surface area contributed by atoms with Gasteiger partial charge in [0.25, 0.3) is 0 Å². The smallest absolute Gasteiger partial charge is 0.326 e. The molecule has 1 aliphatic rings. The Bertz CT molecular complexity index is 275. The molecule has 1 rings (SSSR count). The Hall–Kier alpha value is -1.10. The van der Waals surface area contributed by atoms with Gasteiger partial charge in [-0.1, -0.05) is 26.7 Å². The average molecular weight is 242 g/mol. The van der Waals surface area contributed by atoms with E-state index in [0.29, 0.717) is 0 Å².